The fraction of sp³-hybridized carbons (Fsp3) is 0.364. The predicted molar refractivity (Wildman–Crippen MR) is 62.0 cm³/mol. The molecule has 1 aliphatic heterocycles. The number of rotatable bonds is 2. The minimum Gasteiger partial charge on any atom is -0.480 e. The van der Waals surface area contributed by atoms with E-state index in [-0.39, 0.29) is 13.0 Å². The first-order valence-electron chi connectivity index (χ1n) is 5.46. The van der Waals surface area contributed by atoms with Crippen LogP contribution in [-0.2, 0) is 4.79 Å². The molecule has 2 atom stereocenters. The Labute approximate surface area is 103 Å². The van der Waals surface area contributed by atoms with E-state index < -0.39 is 24.1 Å². The lowest BCUT2D eigenvalue weighted by atomic mass is 10.2. The molecule has 3 N–H and O–H groups in total. The standard InChI is InChI=1S/C11H13N3O4/c15-8-4-9(10(16)17)14(6-8)11(18)13-7-2-1-3-12-5-7/h1-3,5,8-9,15H,4,6H2,(H,13,18)(H,16,17)/t8-,9-/m1/s1. The minimum absolute atomic E-state index is 0.0169. The van der Waals surface area contributed by atoms with Crippen molar-refractivity contribution in [3.05, 3.63) is 24.5 Å². The van der Waals surface area contributed by atoms with Gasteiger partial charge in [-0.2, -0.15) is 0 Å². The number of carbonyl (C=O) groups excluding carboxylic acids is 1. The number of anilines is 1. The second kappa shape index (κ2) is 5.01. The molecule has 1 aromatic rings. The molecule has 7 heteroatoms. The maximum atomic E-state index is 11.9. The molecule has 0 radical (unpaired) electrons. The Bertz CT molecular complexity index is 451. The van der Waals surface area contributed by atoms with E-state index in [0.29, 0.717) is 5.69 Å². The van der Waals surface area contributed by atoms with E-state index in [0.717, 1.165) is 4.90 Å². The fourth-order valence-corrected chi connectivity index (χ4v) is 1.90. The number of carboxylic acids is 1. The van der Waals surface area contributed by atoms with E-state index in [1.165, 1.54) is 6.20 Å². The summed E-state index contributed by atoms with van der Waals surface area (Å²) in [6.07, 6.45) is 2.27. The van der Waals surface area contributed by atoms with Crippen LogP contribution in [0.25, 0.3) is 0 Å². The molecular weight excluding hydrogens is 238 g/mol. The first kappa shape index (κ1) is 12.3. The molecule has 2 amide bonds. The van der Waals surface area contributed by atoms with Gasteiger partial charge in [0.2, 0.25) is 0 Å². The first-order valence-corrected chi connectivity index (χ1v) is 5.46. The maximum Gasteiger partial charge on any atom is 0.326 e. The maximum absolute atomic E-state index is 11.9. The highest BCUT2D eigenvalue weighted by atomic mass is 16.4. The Morgan fingerprint density at radius 1 is 1.50 bits per heavy atom. The Morgan fingerprint density at radius 2 is 2.28 bits per heavy atom. The minimum atomic E-state index is -1.12. The smallest absolute Gasteiger partial charge is 0.326 e. The zero-order chi connectivity index (χ0) is 13.1. The van der Waals surface area contributed by atoms with Gasteiger partial charge in [0, 0.05) is 19.2 Å². The van der Waals surface area contributed by atoms with Crippen molar-refractivity contribution in [1.82, 2.24) is 9.88 Å². The lowest BCUT2D eigenvalue weighted by Crippen LogP contribution is -2.43. The lowest BCUT2D eigenvalue weighted by molar-refractivity contribution is -0.141. The molecule has 0 unspecified atom stereocenters. The third-order valence-electron chi connectivity index (χ3n) is 2.74. The highest BCUT2D eigenvalue weighted by Crippen LogP contribution is 2.19. The zero-order valence-corrected chi connectivity index (χ0v) is 9.48. The number of pyridine rings is 1. The van der Waals surface area contributed by atoms with Crippen LogP contribution in [0.2, 0.25) is 0 Å². The van der Waals surface area contributed by atoms with Crippen LogP contribution in [0.3, 0.4) is 0 Å². The number of urea groups is 1. The molecule has 0 bridgehead atoms. The Morgan fingerprint density at radius 3 is 2.89 bits per heavy atom. The number of amides is 2. The molecule has 1 saturated heterocycles. The van der Waals surface area contributed by atoms with Gasteiger partial charge in [0.1, 0.15) is 6.04 Å². The number of carboxylic acid groups (broad SMARTS) is 1. The molecule has 0 aliphatic carbocycles. The topological polar surface area (TPSA) is 103 Å². The summed E-state index contributed by atoms with van der Waals surface area (Å²) in [5.74, 6) is -1.12. The van der Waals surface area contributed by atoms with Crippen LogP contribution in [-0.4, -0.2) is 50.8 Å². The number of aromatic nitrogens is 1. The normalized spacial score (nSPS) is 22.8. The fourth-order valence-electron chi connectivity index (χ4n) is 1.90. The number of likely N-dealkylation sites (tertiary alicyclic amines) is 1. The van der Waals surface area contributed by atoms with Gasteiger partial charge in [0.15, 0.2) is 0 Å². The molecule has 96 valence electrons. The molecule has 2 heterocycles. The summed E-state index contributed by atoms with van der Waals surface area (Å²) in [6, 6.07) is 1.76. The Balaban J connectivity index is 2.06. The van der Waals surface area contributed by atoms with Crippen LogP contribution in [0.4, 0.5) is 10.5 Å². The van der Waals surface area contributed by atoms with Crippen molar-refractivity contribution >= 4 is 17.7 Å². The van der Waals surface area contributed by atoms with E-state index in [9.17, 15) is 14.7 Å². The van der Waals surface area contributed by atoms with E-state index in [1.807, 2.05) is 0 Å². The first-order chi connectivity index (χ1) is 8.58. The molecular formula is C11H13N3O4. The SMILES string of the molecule is O=C(O)[C@H]1C[C@@H](O)CN1C(=O)Nc1cccnc1. The van der Waals surface area contributed by atoms with Gasteiger partial charge in [-0.25, -0.2) is 9.59 Å². The van der Waals surface area contributed by atoms with Crippen LogP contribution in [0, 0.1) is 0 Å². The van der Waals surface area contributed by atoms with E-state index >= 15 is 0 Å². The van der Waals surface area contributed by atoms with Crippen molar-refractivity contribution in [3.63, 3.8) is 0 Å². The van der Waals surface area contributed by atoms with Gasteiger partial charge >= 0.3 is 12.0 Å². The van der Waals surface area contributed by atoms with Crippen molar-refractivity contribution in [2.24, 2.45) is 0 Å². The third kappa shape index (κ3) is 2.57. The number of hydrogen-bond acceptors (Lipinski definition) is 4. The van der Waals surface area contributed by atoms with Crippen LogP contribution in [0.15, 0.2) is 24.5 Å². The van der Waals surface area contributed by atoms with Gasteiger partial charge in [-0.15, -0.1) is 0 Å². The quantitative estimate of drug-likeness (QED) is 0.693. The van der Waals surface area contributed by atoms with Crippen LogP contribution in [0.1, 0.15) is 6.42 Å². The summed E-state index contributed by atoms with van der Waals surface area (Å²) in [4.78, 5) is 27.8. The molecule has 0 aromatic carbocycles. The molecule has 1 aromatic heterocycles. The number of β-amino-alcohol motifs (C(OH)–C–C–N with tert-alkyl or cyclic N) is 1. The summed E-state index contributed by atoms with van der Waals surface area (Å²) in [6.45, 7) is 0.0169. The molecule has 1 fully saturated rings. The van der Waals surface area contributed by atoms with E-state index in [4.69, 9.17) is 5.11 Å². The average Bonchev–Trinajstić information content (AvgIpc) is 2.73. The molecule has 1 aliphatic rings. The number of carbonyl (C=O) groups is 2. The summed E-state index contributed by atoms with van der Waals surface area (Å²) in [5.41, 5.74) is 0.480. The second-order valence-electron chi connectivity index (χ2n) is 4.07. The van der Waals surface area contributed by atoms with E-state index in [2.05, 4.69) is 10.3 Å². The summed E-state index contributed by atoms with van der Waals surface area (Å²) < 4.78 is 0. The second-order valence-corrected chi connectivity index (χ2v) is 4.07. The van der Waals surface area contributed by atoms with Crippen LogP contribution in [0.5, 0.6) is 0 Å². The Kier molecular flexibility index (Phi) is 3.42. The third-order valence-corrected chi connectivity index (χ3v) is 2.74. The van der Waals surface area contributed by atoms with Crippen molar-refractivity contribution in [2.45, 2.75) is 18.6 Å². The number of hydrogen-bond donors (Lipinski definition) is 3. The number of nitrogens with one attached hydrogen (secondary N) is 1. The van der Waals surface area contributed by atoms with Gasteiger partial charge < -0.3 is 20.4 Å². The van der Waals surface area contributed by atoms with Crippen LogP contribution < -0.4 is 5.32 Å². The van der Waals surface area contributed by atoms with Gasteiger partial charge in [-0.3, -0.25) is 4.98 Å². The van der Waals surface area contributed by atoms with Crippen molar-refractivity contribution < 1.29 is 19.8 Å². The van der Waals surface area contributed by atoms with Crippen molar-refractivity contribution in [2.75, 3.05) is 11.9 Å². The van der Waals surface area contributed by atoms with Gasteiger partial charge in [-0.1, -0.05) is 0 Å². The zero-order valence-electron chi connectivity index (χ0n) is 9.48. The summed E-state index contributed by atoms with van der Waals surface area (Å²) in [5, 5.41) is 20.9. The molecule has 7 nitrogen and oxygen atoms in total. The number of aliphatic hydroxyl groups is 1. The van der Waals surface area contributed by atoms with Gasteiger partial charge in [-0.05, 0) is 12.1 Å². The lowest BCUT2D eigenvalue weighted by Gasteiger charge is -2.21. The molecule has 0 spiro atoms. The summed E-state index contributed by atoms with van der Waals surface area (Å²) in [7, 11) is 0. The van der Waals surface area contributed by atoms with Crippen molar-refractivity contribution in [1.29, 1.82) is 0 Å². The number of nitrogens with zero attached hydrogens (tertiary/aromatic N) is 2. The van der Waals surface area contributed by atoms with Gasteiger partial charge in [0.25, 0.3) is 0 Å². The highest BCUT2D eigenvalue weighted by Gasteiger charge is 2.38. The molecule has 18 heavy (non-hydrogen) atoms. The molecule has 0 saturated carbocycles. The average molecular weight is 251 g/mol. The number of aliphatic carboxylic acids is 1. The monoisotopic (exact) mass is 251 g/mol. The Hall–Kier alpha value is -2.15. The largest absolute Gasteiger partial charge is 0.480 e. The highest BCUT2D eigenvalue weighted by molar-refractivity contribution is 5.92. The predicted octanol–water partition coefficient (Wildman–Crippen LogP) is 0.133. The van der Waals surface area contributed by atoms with E-state index in [1.54, 1.807) is 18.3 Å². The van der Waals surface area contributed by atoms with Gasteiger partial charge in [0.05, 0.1) is 18.0 Å². The number of aliphatic hydroxyl groups excluding tert-OH is 1. The van der Waals surface area contributed by atoms with Crippen LogP contribution >= 0.6 is 0 Å². The van der Waals surface area contributed by atoms with Crippen molar-refractivity contribution in [3.8, 4) is 0 Å². The molecule has 2 rings (SSSR count). The summed E-state index contributed by atoms with van der Waals surface area (Å²) >= 11 is 0.